The van der Waals surface area contributed by atoms with Crippen LogP contribution in [0.25, 0.3) is 0 Å². The van der Waals surface area contributed by atoms with Crippen molar-refractivity contribution >= 4 is 21.4 Å². The van der Waals surface area contributed by atoms with Gasteiger partial charge >= 0.3 is 4.87 Å². The van der Waals surface area contributed by atoms with E-state index >= 15 is 0 Å². The van der Waals surface area contributed by atoms with Gasteiger partial charge in [0.2, 0.25) is 0 Å². The number of rotatable bonds is 7. The summed E-state index contributed by atoms with van der Waals surface area (Å²) in [5.41, 5.74) is 0.362. The summed E-state index contributed by atoms with van der Waals surface area (Å²) in [5.74, 6) is 0.166. The molecule has 3 N–H and O–H groups in total. The van der Waals surface area contributed by atoms with E-state index in [0.717, 1.165) is 6.42 Å². The topological polar surface area (TPSA) is 99.3 Å². The van der Waals surface area contributed by atoms with Gasteiger partial charge in [-0.25, -0.2) is 13.1 Å². The molecular weight excluding hydrogens is 276 g/mol. The first-order chi connectivity index (χ1) is 8.36. The summed E-state index contributed by atoms with van der Waals surface area (Å²) in [5, 5.41) is 8.84. The van der Waals surface area contributed by atoms with Gasteiger partial charge in [0.15, 0.2) is 4.21 Å². The zero-order valence-electron chi connectivity index (χ0n) is 10.4. The third kappa shape index (κ3) is 4.20. The van der Waals surface area contributed by atoms with Crippen molar-refractivity contribution in [3.05, 3.63) is 15.4 Å². The van der Waals surface area contributed by atoms with E-state index in [1.54, 1.807) is 6.92 Å². The molecule has 1 aromatic heterocycles. The number of aromatic nitrogens is 1. The van der Waals surface area contributed by atoms with E-state index in [0.29, 0.717) is 30.0 Å². The number of aromatic amines is 1. The average Bonchev–Trinajstić information content (AvgIpc) is 2.64. The van der Waals surface area contributed by atoms with Gasteiger partial charge in [0.1, 0.15) is 0 Å². The molecule has 0 radical (unpaired) electrons. The number of aliphatic hydroxyl groups excluding tert-OH is 1. The first kappa shape index (κ1) is 15.4. The molecule has 8 heteroatoms. The molecular formula is C10H18N2O4S2. The Morgan fingerprint density at radius 3 is 2.67 bits per heavy atom. The van der Waals surface area contributed by atoms with Gasteiger partial charge in [-0.05, 0) is 25.7 Å². The molecule has 104 valence electrons. The second-order valence-corrected chi connectivity index (χ2v) is 7.20. The first-order valence-corrected chi connectivity index (χ1v) is 7.97. The maximum atomic E-state index is 11.9. The Hall–Kier alpha value is -0.700. The number of aryl methyl sites for hydroxylation is 1. The van der Waals surface area contributed by atoms with Gasteiger partial charge < -0.3 is 10.1 Å². The molecule has 0 amide bonds. The minimum atomic E-state index is -3.60. The van der Waals surface area contributed by atoms with Gasteiger partial charge in [-0.3, -0.25) is 4.79 Å². The standard InChI is InChI=1S/C10H18N2O4S2/c1-7(6-13)4-3-5-11-18(15,16)9-8(2)12-10(14)17-9/h7,11,13H,3-6H2,1-2H3,(H,12,14). The lowest BCUT2D eigenvalue weighted by Crippen LogP contribution is -2.25. The molecule has 1 unspecified atom stereocenters. The molecule has 0 bridgehead atoms. The molecule has 0 saturated carbocycles. The second-order valence-electron chi connectivity index (χ2n) is 4.25. The fraction of sp³-hybridized carbons (Fsp3) is 0.700. The molecule has 6 nitrogen and oxygen atoms in total. The zero-order valence-corrected chi connectivity index (χ0v) is 12.0. The van der Waals surface area contributed by atoms with Crippen LogP contribution in [0.1, 0.15) is 25.5 Å². The highest BCUT2D eigenvalue weighted by Crippen LogP contribution is 2.15. The molecule has 0 aliphatic rings. The van der Waals surface area contributed by atoms with E-state index < -0.39 is 10.0 Å². The number of thiazole rings is 1. The number of nitrogens with one attached hydrogen (secondary N) is 2. The van der Waals surface area contributed by atoms with Gasteiger partial charge in [-0.2, -0.15) is 0 Å². The number of H-pyrrole nitrogens is 1. The van der Waals surface area contributed by atoms with Crippen LogP contribution >= 0.6 is 11.3 Å². The normalized spacial score (nSPS) is 13.7. The van der Waals surface area contributed by atoms with Gasteiger partial charge in [0.05, 0.1) is 0 Å². The van der Waals surface area contributed by atoms with E-state index in [2.05, 4.69) is 9.71 Å². The molecule has 1 atom stereocenters. The largest absolute Gasteiger partial charge is 0.396 e. The molecule has 0 fully saturated rings. The van der Waals surface area contributed by atoms with E-state index in [-0.39, 0.29) is 21.6 Å². The SMILES string of the molecule is Cc1[nH]c(=O)sc1S(=O)(=O)NCCCC(C)CO. The van der Waals surface area contributed by atoms with Crippen molar-refractivity contribution in [1.29, 1.82) is 0 Å². The van der Waals surface area contributed by atoms with Crippen molar-refractivity contribution < 1.29 is 13.5 Å². The Kier molecular flexibility index (Phi) is 5.51. The lowest BCUT2D eigenvalue weighted by molar-refractivity contribution is 0.228. The molecule has 0 aliphatic heterocycles. The van der Waals surface area contributed by atoms with E-state index in [1.807, 2.05) is 6.92 Å². The van der Waals surface area contributed by atoms with Gasteiger partial charge in [-0.1, -0.05) is 18.3 Å². The summed E-state index contributed by atoms with van der Waals surface area (Å²) in [6, 6.07) is 0. The quantitative estimate of drug-likeness (QED) is 0.635. The second kappa shape index (κ2) is 6.46. The van der Waals surface area contributed by atoms with Crippen molar-refractivity contribution in [2.75, 3.05) is 13.2 Å². The molecule has 0 saturated heterocycles. The maximum absolute atomic E-state index is 11.9. The van der Waals surface area contributed by atoms with Crippen molar-refractivity contribution in [2.24, 2.45) is 5.92 Å². The molecule has 0 aliphatic carbocycles. The third-order valence-electron chi connectivity index (χ3n) is 2.50. The molecule has 1 heterocycles. The van der Waals surface area contributed by atoms with Crippen molar-refractivity contribution in [1.82, 2.24) is 9.71 Å². The molecule has 0 spiro atoms. The summed E-state index contributed by atoms with van der Waals surface area (Å²) in [6.07, 6.45) is 1.40. The lowest BCUT2D eigenvalue weighted by Gasteiger charge is -2.08. The Balaban J connectivity index is 2.56. The Morgan fingerprint density at radius 2 is 2.17 bits per heavy atom. The van der Waals surface area contributed by atoms with Crippen LogP contribution in [0.4, 0.5) is 0 Å². The summed E-state index contributed by atoms with van der Waals surface area (Å²) < 4.78 is 26.2. The Labute approximate surface area is 110 Å². The molecule has 1 aromatic rings. The number of aliphatic hydroxyl groups is 1. The van der Waals surface area contributed by atoms with E-state index in [1.165, 1.54) is 0 Å². The Morgan fingerprint density at radius 1 is 1.50 bits per heavy atom. The van der Waals surface area contributed by atoms with E-state index in [9.17, 15) is 13.2 Å². The predicted octanol–water partition coefficient (Wildman–Crippen LogP) is 0.432. The first-order valence-electron chi connectivity index (χ1n) is 5.67. The number of hydrogen-bond acceptors (Lipinski definition) is 5. The van der Waals surface area contributed by atoms with Crippen LogP contribution < -0.4 is 9.60 Å². The summed E-state index contributed by atoms with van der Waals surface area (Å²) in [6.45, 7) is 3.86. The highest BCUT2D eigenvalue weighted by molar-refractivity contribution is 7.91. The average molecular weight is 294 g/mol. The molecule has 0 aromatic carbocycles. The predicted molar refractivity (Wildman–Crippen MR) is 70.3 cm³/mol. The van der Waals surface area contributed by atoms with Crippen LogP contribution in [-0.4, -0.2) is 31.7 Å². The highest BCUT2D eigenvalue weighted by Gasteiger charge is 2.19. The van der Waals surface area contributed by atoms with Crippen LogP contribution in [0.3, 0.4) is 0 Å². The number of sulfonamides is 1. The van der Waals surface area contributed by atoms with Gasteiger partial charge in [0, 0.05) is 18.8 Å². The van der Waals surface area contributed by atoms with Crippen molar-refractivity contribution in [3.63, 3.8) is 0 Å². The zero-order chi connectivity index (χ0) is 13.8. The van der Waals surface area contributed by atoms with Crippen molar-refractivity contribution in [2.45, 2.75) is 30.9 Å². The van der Waals surface area contributed by atoms with Crippen molar-refractivity contribution in [3.8, 4) is 0 Å². The van der Waals surface area contributed by atoms with Crippen LogP contribution in [0.15, 0.2) is 9.00 Å². The van der Waals surface area contributed by atoms with Crippen LogP contribution in [0, 0.1) is 12.8 Å². The maximum Gasteiger partial charge on any atom is 0.305 e. The Bertz CT molecular complexity index is 532. The summed E-state index contributed by atoms with van der Waals surface area (Å²) in [4.78, 5) is 13.1. The van der Waals surface area contributed by atoms with E-state index in [4.69, 9.17) is 5.11 Å². The monoisotopic (exact) mass is 294 g/mol. The van der Waals surface area contributed by atoms with Gasteiger partial charge in [-0.15, -0.1) is 0 Å². The summed E-state index contributed by atoms with van der Waals surface area (Å²) in [7, 11) is -3.60. The minimum Gasteiger partial charge on any atom is -0.396 e. The highest BCUT2D eigenvalue weighted by atomic mass is 32.2. The lowest BCUT2D eigenvalue weighted by atomic mass is 10.1. The fourth-order valence-electron chi connectivity index (χ4n) is 1.46. The fourth-order valence-corrected chi connectivity index (χ4v) is 3.88. The van der Waals surface area contributed by atoms with Crippen LogP contribution in [-0.2, 0) is 10.0 Å². The van der Waals surface area contributed by atoms with Crippen LogP contribution in [0.5, 0.6) is 0 Å². The van der Waals surface area contributed by atoms with Crippen LogP contribution in [0.2, 0.25) is 0 Å². The smallest absolute Gasteiger partial charge is 0.305 e. The molecule has 18 heavy (non-hydrogen) atoms. The third-order valence-corrected chi connectivity index (χ3v) is 5.57. The minimum absolute atomic E-state index is 0.0442. The van der Waals surface area contributed by atoms with Gasteiger partial charge in [0.25, 0.3) is 10.0 Å². The number of hydrogen-bond donors (Lipinski definition) is 3. The summed E-state index contributed by atoms with van der Waals surface area (Å²) >= 11 is 0.689. The molecule has 1 rings (SSSR count).